The minimum absolute atomic E-state index is 0.0405. The number of carbonyl (C=O) groups is 1. The summed E-state index contributed by atoms with van der Waals surface area (Å²) in [7, 11) is 0. The first kappa shape index (κ1) is 15.0. The van der Waals surface area contributed by atoms with Crippen molar-refractivity contribution in [1.82, 2.24) is 0 Å². The number of ether oxygens (including phenoxy) is 3. The molecule has 0 radical (unpaired) electrons. The molecule has 1 saturated heterocycles. The smallest absolute Gasteiger partial charge is 0.384 e. The largest absolute Gasteiger partial charge is 0.456 e. The van der Waals surface area contributed by atoms with Crippen LogP contribution in [-0.4, -0.2) is 32.1 Å². The number of hydrogen-bond acceptors (Lipinski definition) is 4. The van der Waals surface area contributed by atoms with Crippen LogP contribution in [0.25, 0.3) is 0 Å². The highest BCUT2D eigenvalue weighted by Gasteiger charge is 2.12. The molecule has 1 fully saturated rings. The van der Waals surface area contributed by atoms with E-state index in [1.54, 1.807) is 0 Å². The van der Waals surface area contributed by atoms with E-state index in [-0.39, 0.29) is 6.29 Å². The van der Waals surface area contributed by atoms with Crippen molar-refractivity contribution in [2.45, 2.75) is 51.7 Å². The molecular formula is C14H22O4. The summed E-state index contributed by atoms with van der Waals surface area (Å²) in [5, 5.41) is 0. The highest BCUT2D eigenvalue weighted by Crippen LogP contribution is 2.13. The van der Waals surface area contributed by atoms with E-state index in [4.69, 9.17) is 14.2 Å². The predicted molar refractivity (Wildman–Crippen MR) is 67.8 cm³/mol. The van der Waals surface area contributed by atoms with E-state index in [9.17, 15) is 4.79 Å². The fraction of sp³-hybridized carbons (Fsp3) is 0.786. The minimum atomic E-state index is -0.437. The molecule has 0 saturated carbocycles. The Labute approximate surface area is 109 Å². The second kappa shape index (κ2) is 9.93. The summed E-state index contributed by atoms with van der Waals surface area (Å²) in [4.78, 5) is 11.0. The minimum Gasteiger partial charge on any atom is -0.456 e. The zero-order valence-electron chi connectivity index (χ0n) is 11.1. The molecule has 1 rings (SSSR count). The number of hydrogen-bond donors (Lipinski definition) is 0. The molecule has 0 aromatic carbocycles. The molecule has 0 aromatic rings. The molecular weight excluding hydrogens is 232 g/mol. The maximum atomic E-state index is 11.0. The molecule has 1 unspecified atom stereocenters. The third kappa shape index (κ3) is 7.31. The molecule has 0 N–H and O–H groups in total. The van der Waals surface area contributed by atoms with E-state index < -0.39 is 5.97 Å². The SMILES string of the molecule is CCCOC(=O)C#CCCCOC1CCCCO1. The van der Waals surface area contributed by atoms with Gasteiger partial charge in [0.1, 0.15) is 0 Å². The van der Waals surface area contributed by atoms with Gasteiger partial charge in [-0.15, -0.1) is 0 Å². The van der Waals surface area contributed by atoms with Gasteiger partial charge in [-0.2, -0.15) is 0 Å². The maximum absolute atomic E-state index is 11.0. The highest BCUT2D eigenvalue weighted by atomic mass is 16.7. The topological polar surface area (TPSA) is 44.8 Å². The van der Waals surface area contributed by atoms with Crippen molar-refractivity contribution in [1.29, 1.82) is 0 Å². The van der Waals surface area contributed by atoms with Crippen molar-refractivity contribution in [3.05, 3.63) is 0 Å². The Hall–Kier alpha value is -1.05. The summed E-state index contributed by atoms with van der Waals surface area (Å²) in [6.07, 6.45) is 5.53. The van der Waals surface area contributed by atoms with Crippen LogP contribution in [0.5, 0.6) is 0 Å². The van der Waals surface area contributed by atoms with Crippen molar-refractivity contribution in [3.63, 3.8) is 0 Å². The molecule has 0 amide bonds. The average molecular weight is 254 g/mol. The lowest BCUT2D eigenvalue weighted by atomic mass is 10.2. The number of rotatable bonds is 6. The van der Waals surface area contributed by atoms with Crippen LogP contribution < -0.4 is 0 Å². The first-order chi connectivity index (χ1) is 8.83. The third-order valence-corrected chi connectivity index (χ3v) is 2.52. The molecule has 1 aliphatic heterocycles. The van der Waals surface area contributed by atoms with Gasteiger partial charge in [0.15, 0.2) is 6.29 Å². The Morgan fingerprint density at radius 3 is 3.00 bits per heavy atom. The lowest BCUT2D eigenvalue weighted by molar-refractivity contribution is -0.162. The lowest BCUT2D eigenvalue weighted by Gasteiger charge is -2.22. The Kier molecular flexibility index (Phi) is 8.28. The normalized spacial score (nSPS) is 18.8. The second-order valence-corrected chi connectivity index (χ2v) is 4.21. The standard InChI is InChI=1S/C14H22O4/c1-2-10-16-13(15)8-4-3-6-11-17-14-9-5-7-12-18-14/h14H,2-3,5-7,9-12H2,1H3. The molecule has 1 atom stereocenters. The van der Waals surface area contributed by atoms with Gasteiger partial charge in [-0.25, -0.2) is 4.79 Å². The van der Waals surface area contributed by atoms with Gasteiger partial charge < -0.3 is 14.2 Å². The first-order valence-corrected chi connectivity index (χ1v) is 6.71. The van der Waals surface area contributed by atoms with Gasteiger partial charge in [-0.1, -0.05) is 12.8 Å². The van der Waals surface area contributed by atoms with Gasteiger partial charge in [0.2, 0.25) is 0 Å². The van der Waals surface area contributed by atoms with Crippen molar-refractivity contribution in [2.24, 2.45) is 0 Å². The fourth-order valence-corrected chi connectivity index (χ4v) is 1.58. The summed E-state index contributed by atoms with van der Waals surface area (Å²) < 4.78 is 15.8. The second-order valence-electron chi connectivity index (χ2n) is 4.21. The molecule has 0 aliphatic carbocycles. The molecule has 18 heavy (non-hydrogen) atoms. The van der Waals surface area contributed by atoms with Gasteiger partial charge >= 0.3 is 5.97 Å². The van der Waals surface area contributed by atoms with Crippen molar-refractivity contribution in [2.75, 3.05) is 19.8 Å². The summed E-state index contributed by atoms with van der Waals surface area (Å²) in [6, 6.07) is 0. The van der Waals surface area contributed by atoms with Gasteiger partial charge in [-0.05, 0) is 32.1 Å². The van der Waals surface area contributed by atoms with Crippen LogP contribution in [0.3, 0.4) is 0 Å². The van der Waals surface area contributed by atoms with E-state index in [1.165, 1.54) is 6.42 Å². The van der Waals surface area contributed by atoms with Crippen LogP contribution in [0, 0.1) is 11.8 Å². The van der Waals surface area contributed by atoms with Crippen LogP contribution in [0.2, 0.25) is 0 Å². The van der Waals surface area contributed by atoms with E-state index in [1.807, 2.05) is 6.92 Å². The number of carbonyl (C=O) groups excluding carboxylic acids is 1. The Morgan fingerprint density at radius 2 is 2.28 bits per heavy atom. The molecule has 0 spiro atoms. The summed E-state index contributed by atoms with van der Waals surface area (Å²) in [5.74, 6) is 4.81. The summed E-state index contributed by atoms with van der Waals surface area (Å²) in [5.41, 5.74) is 0. The first-order valence-electron chi connectivity index (χ1n) is 6.71. The number of unbranched alkanes of at least 4 members (excludes halogenated alkanes) is 1. The molecule has 1 aliphatic rings. The molecule has 4 nitrogen and oxygen atoms in total. The molecule has 0 aromatic heterocycles. The van der Waals surface area contributed by atoms with Crippen molar-refractivity contribution < 1.29 is 19.0 Å². The van der Waals surface area contributed by atoms with Gasteiger partial charge in [0.05, 0.1) is 13.2 Å². The van der Waals surface area contributed by atoms with Crippen LogP contribution in [0.4, 0.5) is 0 Å². The van der Waals surface area contributed by atoms with Crippen LogP contribution >= 0.6 is 0 Å². The Balaban J connectivity index is 1.97. The zero-order chi connectivity index (χ0) is 13.1. The fourth-order valence-electron chi connectivity index (χ4n) is 1.58. The lowest BCUT2D eigenvalue weighted by Crippen LogP contribution is -2.22. The van der Waals surface area contributed by atoms with Crippen LogP contribution in [0.1, 0.15) is 45.4 Å². The summed E-state index contributed by atoms with van der Waals surface area (Å²) in [6.45, 7) is 3.82. The number of esters is 1. The average Bonchev–Trinajstić information content (AvgIpc) is 2.41. The Bertz CT molecular complexity index is 284. The van der Waals surface area contributed by atoms with Crippen molar-refractivity contribution in [3.8, 4) is 11.8 Å². The quantitative estimate of drug-likeness (QED) is 0.316. The van der Waals surface area contributed by atoms with Gasteiger partial charge in [0.25, 0.3) is 0 Å². The monoisotopic (exact) mass is 254 g/mol. The van der Waals surface area contributed by atoms with Crippen LogP contribution in [0.15, 0.2) is 0 Å². The van der Waals surface area contributed by atoms with Gasteiger partial charge in [0, 0.05) is 18.9 Å². The molecule has 1 heterocycles. The summed E-state index contributed by atoms with van der Waals surface area (Å²) >= 11 is 0. The zero-order valence-corrected chi connectivity index (χ0v) is 11.1. The Morgan fingerprint density at radius 1 is 1.39 bits per heavy atom. The molecule has 0 bridgehead atoms. The van der Waals surface area contributed by atoms with Crippen molar-refractivity contribution >= 4 is 5.97 Å². The van der Waals surface area contributed by atoms with Crippen LogP contribution in [-0.2, 0) is 19.0 Å². The maximum Gasteiger partial charge on any atom is 0.384 e. The van der Waals surface area contributed by atoms with Gasteiger partial charge in [-0.3, -0.25) is 0 Å². The predicted octanol–water partition coefficient (Wildman–Crippen LogP) is 2.27. The third-order valence-electron chi connectivity index (χ3n) is 2.52. The molecule has 102 valence electrons. The van der Waals surface area contributed by atoms with E-state index >= 15 is 0 Å². The molecule has 4 heteroatoms. The highest BCUT2D eigenvalue weighted by molar-refractivity contribution is 5.88. The van der Waals surface area contributed by atoms with E-state index in [0.29, 0.717) is 19.6 Å². The van der Waals surface area contributed by atoms with E-state index in [0.717, 1.165) is 32.3 Å². The van der Waals surface area contributed by atoms with E-state index in [2.05, 4.69) is 11.8 Å².